The van der Waals surface area contributed by atoms with Crippen molar-refractivity contribution in [1.82, 2.24) is 4.90 Å². The van der Waals surface area contributed by atoms with E-state index in [0.29, 0.717) is 32.0 Å². The Morgan fingerprint density at radius 1 is 1.25 bits per heavy atom. The van der Waals surface area contributed by atoms with E-state index in [0.717, 1.165) is 30.6 Å². The van der Waals surface area contributed by atoms with Gasteiger partial charge < -0.3 is 19.1 Å². The third-order valence-electron chi connectivity index (χ3n) is 5.52. The lowest BCUT2D eigenvalue weighted by Gasteiger charge is -2.36. The van der Waals surface area contributed by atoms with Crippen LogP contribution in [0.5, 0.6) is 5.75 Å². The molecule has 2 aliphatic heterocycles. The van der Waals surface area contributed by atoms with Gasteiger partial charge in [-0.05, 0) is 62.6 Å². The zero-order valence-corrected chi connectivity index (χ0v) is 17.3. The number of carbonyl (C=O) groups is 2. The number of methoxy groups -OCH3 is 1. The van der Waals surface area contributed by atoms with Crippen molar-refractivity contribution >= 4 is 12.1 Å². The Labute approximate surface area is 167 Å². The Morgan fingerprint density at radius 3 is 2.61 bits per heavy atom. The van der Waals surface area contributed by atoms with Crippen molar-refractivity contribution in [2.24, 2.45) is 5.92 Å². The molecule has 1 fully saturated rings. The van der Waals surface area contributed by atoms with Crippen LogP contribution in [0, 0.1) is 5.92 Å². The van der Waals surface area contributed by atoms with Gasteiger partial charge in [0.25, 0.3) is 0 Å². The van der Waals surface area contributed by atoms with E-state index in [9.17, 15) is 9.59 Å². The predicted molar refractivity (Wildman–Crippen MR) is 106 cm³/mol. The molecule has 2 aliphatic rings. The topological polar surface area (TPSA) is 65.1 Å². The van der Waals surface area contributed by atoms with E-state index in [1.165, 1.54) is 12.7 Å². The number of fused-ring (bicyclic) bond motifs is 1. The van der Waals surface area contributed by atoms with Gasteiger partial charge in [-0.2, -0.15) is 0 Å². The minimum Gasteiger partial charge on any atom is -0.493 e. The van der Waals surface area contributed by atoms with Gasteiger partial charge in [0.15, 0.2) is 0 Å². The quantitative estimate of drug-likeness (QED) is 0.731. The van der Waals surface area contributed by atoms with E-state index in [1.807, 2.05) is 20.8 Å². The van der Waals surface area contributed by atoms with Crippen molar-refractivity contribution in [2.45, 2.75) is 58.0 Å². The molecule has 1 saturated heterocycles. The Bertz CT molecular complexity index is 716. The number of likely N-dealkylation sites (tertiary alicyclic amines) is 1. The number of ether oxygens (including phenoxy) is 3. The van der Waals surface area contributed by atoms with Gasteiger partial charge in [0, 0.05) is 19.5 Å². The average Bonchev–Trinajstić information content (AvgIpc) is 3.12. The van der Waals surface area contributed by atoms with Crippen LogP contribution < -0.4 is 4.74 Å². The number of benzene rings is 1. The summed E-state index contributed by atoms with van der Waals surface area (Å²) in [4.78, 5) is 26.2. The number of hydrogen-bond donors (Lipinski definition) is 0. The Hall–Kier alpha value is -2.24. The van der Waals surface area contributed by atoms with Crippen molar-refractivity contribution in [3.8, 4) is 5.75 Å². The van der Waals surface area contributed by atoms with Gasteiger partial charge in [-0.25, -0.2) is 4.79 Å². The van der Waals surface area contributed by atoms with Crippen LogP contribution in [0.3, 0.4) is 0 Å². The summed E-state index contributed by atoms with van der Waals surface area (Å²) in [7, 11) is 1.43. The van der Waals surface area contributed by atoms with Crippen LogP contribution in [-0.4, -0.2) is 49.4 Å². The lowest BCUT2D eigenvalue weighted by atomic mass is 9.78. The Balaban J connectivity index is 1.70. The van der Waals surface area contributed by atoms with E-state index < -0.39 is 5.60 Å². The molecule has 1 unspecified atom stereocenters. The number of esters is 1. The number of nitrogens with zero attached hydrogens (tertiary/aromatic N) is 1. The fraction of sp³-hybridized carbons (Fsp3) is 0.636. The third kappa shape index (κ3) is 4.97. The highest BCUT2D eigenvalue weighted by atomic mass is 16.6. The van der Waals surface area contributed by atoms with Gasteiger partial charge in [-0.3, -0.25) is 4.79 Å². The molecule has 0 bridgehead atoms. The van der Waals surface area contributed by atoms with Crippen molar-refractivity contribution in [2.75, 3.05) is 26.8 Å². The molecular weight excluding hydrogens is 358 g/mol. The largest absolute Gasteiger partial charge is 0.493 e. The summed E-state index contributed by atoms with van der Waals surface area (Å²) in [6.45, 7) is 7.62. The van der Waals surface area contributed by atoms with Gasteiger partial charge in [0.2, 0.25) is 0 Å². The first kappa shape index (κ1) is 20.5. The number of amides is 1. The second-order valence-electron chi connectivity index (χ2n) is 8.66. The summed E-state index contributed by atoms with van der Waals surface area (Å²) in [5.74, 6) is 1.08. The van der Waals surface area contributed by atoms with Crippen LogP contribution in [0.4, 0.5) is 4.79 Å². The summed E-state index contributed by atoms with van der Waals surface area (Å²) in [6.07, 6.45) is 2.68. The van der Waals surface area contributed by atoms with E-state index in [1.54, 1.807) is 4.90 Å². The lowest BCUT2D eigenvalue weighted by molar-refractivity contribution is -0.141. The molecule has 0 saturated carbocycles. The Kier molecular flexibility index (Phi) is 6.16. The number of carbonyl (C=O) groups excluding carboxylic acids is 2. The maximum absolute atomic E-state index is 12.3. The van der Waals surface area contributed by atoms with E-state index in [-0.39, 0.29) is 18.0 Å². The van der Waals surface area contributed by atoms with Gasteiger partial charge in [0.05, 0.1) is 20.1 Å². The molecule has 0 N–H and O–H groups in total. The highest BCUT2D eigenvalue weighted by molar-refractivity contribution is 5.70. The molecular formula is C22H31NO5. The number of rotatable bonds is 4. The molecule has 1 amide bonds. The van der Waals surface area contributed by atoms with Crippen LogP contribution in [0.25, 0.3) is 0 Å². The lowest BCUT2D eigenvalue weighted by Crippen LogP contribution is -2.42. The molecule has 0 aliphatic carbocycles. The first-order valence-electron chi connectivity index (χ1n) is 10.1. The first-order chi connectivity index (χ1) is 13.3. The average molecular weight is 389 g/mol. The highest BCUT2D eigenvalue weighted by Crippen LogP contribution is 2.38. The first-order valence-corrected chi connectivity index (χ1v) is 10.1. The van der Waals surface area contributed by atoms with Crippen molar-refractivity contribution in [3.63, 3.8) is 0 Å². The predicted octanol–water partition coefficient (Wildman–Crippen LogP) is 3.92. The zero-order valence-electron chi connectivity index (χ0n) is 17.3. The smallest absolute Gasteiger partial charge is 0.410 e. The van der Waals surface area contributed by atoms with E-state index >= 15 is 0 Å². The summed E-state index contributed by atoms with van der Waals surface area (Å²) >= 11 is 0. The van der Waals surface area contributed by atoms with Gasteiger partial charge in [0.1, 0.15) is 11.4 Å². The summed E-state index contributed by atoms with van der Waals surface area (Å²) in [6, 6.07) is 6.30. The van der Waals surface area contributed by atoms with Crippen LogP contribution >= 0.6 is 0 Å². The van der Waals surface area contributed by atoms with E-state index in [2.05, 4.69) is 18.2 Å². The second kappa shape index (κ2) is 8.41. The molecule has 3 rings (SSSR count). The second-order valence-corrected chi connectivity index (χ2v) is 8.66. The van der Waals surface area contributed by atoms with Crippen molar-refractivity contribution in [3.05, 3.63) is 29.3 Å². The molecule has 28 heavy (non-hydrogen) atoms. The molecule has 6 heteroatoms. The number of hydrogen-bond acceptors (Lipinski definition) is 5. The van der Waals surface area contributed by atoms with Gasteiger partial charge in [-0.1, -0.05) is 12.1 Å². The summed E-state index contributed by atoms with van der Waals surface area (Å²) < 4.78 is 16.1. The molecule has 1 atom stereocenters. The fourth-order valence-corrected chi connectivity index (χ4v) is 4.04. The van der Waals surface area contributed by atoms with Crippen LogP contribution in [-0.2, 0) is 20.7 Å². The van der Waals surface area contributed by atoms with Crippen LogP contribution in [0.1, 0.15) is 57.1 Å². The minimum absolute atomic E-state index is 0.0581. The van der Waals surface area contributed by atoms with Crippen LogP contribution in [0.2, 0.25) is 0 Å². The van der Waals surface area contributed by atoms with Crippen molar-refractivity contribution < 1.29 is 23.8 Å². The molecule has 0 radical (unpaired) electrons. The van der Waals surface area contributed by atoms with Gasteiger partial charge in [-0.15, -0.1) is 0 Å². The fourth-order valence-electron chi connectivity index (χ4n) is 4.04. The van der Waals surface area contributed by atoms with E-state index in [4.69, 9.17) is 14.2 Å². The zero-order chi connectivity index (χ0) is 20.3. The standard InChI is InChI=1S/C22H31NO5/c1-22(2,3)28-21(25)23-10-7-15(8-11-23)18(14-20(24)26-4)17-6-5-16-9-12-27-19(16)13-17/h5-6,13,15,18H,7-12,14H2,1-4H3. The minimum atomic E-state index is -0.494. The molecule has 2 heterocycles. The molecule has 0 spiro atoms. The molecule has 1 aromatic carbocycles. The monoisotopic (exact) mass is 389 g/mol. The highest BCUT2D eigenvalue weighted by Gasteiger charge is 2.33. The Morgan fingerprint density at radius 2 is 1.96 bits per heavy atom. The third-order valence-corrected chi connectivity index (χ3v) is 5.52. The molecule has 6 nitrogen and oxygen atoms in total. The normalized spacial score (nSPS) is 18.2. The maximum Gasteiger partial charge on any atom is 0.410 e. The molecule has 1 aromatic rings. The molecule has 0 aromatic heterocycles. The summed E-state index contributed by atoms with van der Waals surface area (Å²) in [5, 5.41) is 0. The maximum atomic E-state index is 12.3. The number of piperidine rings is 1. The van der Waals surface area contributed by atoms with Gasteiger partial charge >= 0.3 is 12.1 Å². The molecule has 154 valence electrons. The summed E-state index contributed by atoms with van der Waals surface area (Å²) in [5.41, 5.74) is 1.84. The van der Waals surface area contributed by atoms with Crippen LogP contribution in [0.15, 0.2) is 18.2 Å². The van der Waals surface area contributed by atoms with Crippen molar-refractivity contribution in [1.29, 1.82) is 0 Å². The SMILES string of the molecule is COC(=O)CC(c1ccc2c(c1)OCC2)C1CCN(C(=O)OC(C)(C)C)CC1.